The van der Waals surface area contributed by atoms with Gasteiger partial charge >= 0.3 is 0 Å². The number of amides is 2. The summed E-state index contributed by atoms with van der Waals surface area (Å²) in [6.07, 6.45) is 2.59. The first-order valence-electron chi connectivity index (χ1n) is 9.32. The zero-order chi connectivity index (χ0) is 18.6. The second kappa shape index (κ2) is 7.80. The van der Waals surface area contributed by atoms with Crippen molar-refractivity contribution < 1.29 is 14.3 Å². The molecule has 0 saturated carbocycles. The molecule has 0 spiro atoms. The number of benzene rings is 2. The lowest BCUT2D eigenvalue weighted by atomic mass is 10.1. The number of hydrogen-bond acceptors (Lipinski definition) is 4. The summed E-state index contributed by atoms with van der Waals surface area (Å²) in [4.78, 5) is 26.2. The number of likely N-dealkylation sites (tertiary alicyclic amines) is 1. The van der Waals surface area contributed by atoms with Crippen molar-refractivity contribution in [1.29, 1.82) is 0 Å². The molecule has 2 aromatic rings. The topological polar surface area (TPSA) is 70.7 Å². The summed E-state index contributed by atoms with van der Waals surface area (Å²) in [5.41, 5.74) is 3.47. The van der Waals surface area contributed by atoms with E-state index in [2.05, 4.69) is 39.8 Å². The molecule has 0 atom stereocenters. The summed E-state index contributed by atoms with van der Waals surface area (Å²) >= 11 is 0. The zero-order valence-corrected chi connectivity index (χ0v) is 15.2. The largest absolute Gasteiger partial charge is 0.482 e. The van der Waals surface area contributed by atoms with Gasteiger partial charge in [0.1, 0.15) is 5.75 Å². The minimum atomic E-state index is -0.187. The number of fused-ring (bicyclic) bond motifs is 1. The summed E-state index contributed by atoms with van der Waals surface area (Å²) in [6, 6.07) is 13.4. The van der Waals surface area contributed by atoms with E-state index in [0.717, 1.165) is 12.1 Å². The van der Waals surface area contributed by atoms with E-state index < -0.39 is 0 Å². The highest BCUT2D eigenvalue weighted by atomic mass is 16.5. The molecule has 0 aromatic heterocycles. The first-order chi connectivity index (χ1) is 13.2. The minimum absolute atomic E-state index is 0.0259. The molecular weight excluding hydrogens is 342 g/mol. The number of hydrogen-bond donors (Lipinski definition) is 2. The predicted octanol–water partition coefficient (Wildman–Crippen LogP) is 2.54. The van der Waals surface area contributed by atoms with Gasteiger partial charge in [0.05, 0.1) is 5.69 Å². The second-order valence-corrected chi connectivity index (χ2v) is 7.03. The fourth-order valence-electron chi connectivity index (χ4n) is 3.46. The van der Waals surface area contributed by atoms with Crippen molar-refractivity contribution in [3.8, 4) is 5.75 Å². The van der Waals surface area contributed by atoms with Crippen molar-refractivity contribution in [2.75, 3.05) is 25.0 Å². The average Bonchev–Trinajstić information content (AvgIpc) is 3.20. The molecule has 2 aromatic carbocycles. The minimum Gasteiger partial charge on any atom is -0.482 e. The van der Waals surface area contributed by atoms with Crippen LogP contribution >= 0.6 is 0 Å². The number of carbonyl (C=O) groups is 2. The Balaban J connectivity index is 1.33. The van der Waals surface area contributed by atoms with E-state index in [1.165, 1.54) is 31.5 Å². The van der Waals surface area contributed by atoms with Gasteiger partial charge in [-0.25, -0.2) is 0 Å². The van der Waals surface area contributed by atoms with Crippen molar-refractivity contribution in [3.05, 3.63) is 59.2 Å². The number of carbonyl (C=O) groups excluding carboxylic acids is 2. The van der Waals surface area contributed by atoms with Crippen molar-refractivity contribution in [1.82, 2.24) is 10.2 Å². The molecule has 6 nitrogen and oxygen atoms in total. The maximum atomic E-state index is 12.4. The number of anilines is 1. The molecular formula is C21H23N3O3. The predicted molar refractivity (Wildman–Crippen MR) is 103 cm³/mol. The van der Waals surface area contributed by atoms with E-state index in [-0.39, 0.29) is 18.4 Å². The molecule has 2 aliphatic rings. The van der Waals surface area contributed by atoms with Gasteiger partial charge in [-0.3, -0.25) is 14.5 Å². The van der Waals surface area contributed by atoms with Crippen LogP contribution in [0.15, 0.2) is 42.5 Å². The molecule has 0 bridgehead atoms. The van der Waals surface area contributed by atoms with Crippen LogP contribution in [0.1, 0.15) is 34.3 Å². The van der Waals surface area contributed by atoms with Crippen LogP contribution in [0, 0.1) is 0 Å². The monoisotopic (exact) mass is 365 g/mol. The molecule has 0 radical (unpaired) electrons. The Bertz CT molecular complexity index is 842. The van der Waals surface area contributed by atoms with Gasteiger partial charge in [-0.1, -0.05) is 24.3 Å². The molecule has 1 fully saturated rings. The van der Waals surface area contributed by atoms with Crippen LogP contribution < -0.4 is 15.4 Å². The number of rotatable bonds is 5. The lowest BCUT2D eigenvalue weighted by Gasteiger charge is -2.18. The normalized spacial score (nSPS) is 16.4. The first kappa shape index (κ1) is 17.5. The summed E-state index contributed by atoms with van der Waals surface area (Å²) < 4.78 is 5.36. The maximum Gasteiger partial charge on any atom is 0.262 e. The van der Waals surface area contributed by atoms with Crippen LogP contribution in [-0.4, -0.2) is 36.4 Å². The Morgan fingerprint density at radius 1 is 1.07 bits per heavy atom. The highest BCUT2D eigenvalue weighted by Gasteiger charge is 2.18. The Kier molecular flexibility index (Phi) is 5.07. The number of ether oxygens (including phenoxy) is 1. The van der Waals surface area contributed by atoms with Gasteiger partial charge in [-0.05, 0) is 55.3 Å². The van der Waals surface area contributed by atoms with Gasteiger partial charge in [0.25, 0.3) is 11.8 Å². The third-order valence-corrected chi connectivity index (χ3v) is 4.96. The number of nitrogens with zero attached hydrogens (tertiary/aromatic N) is 1. The Morgan fingerprint density at radius 2 is 1.81 bits per heavy atom. The van der Waals surface area contributed by atoms with Gasteiger partial charge in [0.2, 0.25) is 0 Å². The van der Waals surface area contributed by atoms with Gasteiger partial charge in [0.15, 0.2) is 6.61 Å². The quantitative estimate of drug-likeness (QED) is 0.854. The SMILES string of the molecule is O=C1COc2cc(C(=O)NCc3ccc(CN4CCCC4)cc3)ccc2N1. The van der Waals surface area contributed by atoms with Crippen molar-refractivity contribution in [2.24, 2.45) is 0 Å². The Labute approximate surface area is 158 Å². The Morgan fingerprint density at radius 3 is 2.59 bits per heavy atom. The second-order valence-electron chi connectivity index (χ2n) is 7.03. The highest BCUT2D eigenvalue weighted by molar-refractivity contribution is 5.98. The van der Waals surface area contributed by atoms with Crippen LogP contribution in [0.4, 0.5) is 5.69 Å². The van der Waals surface area contributed by atoms with Crippen molar-refractivity contribution >= 4 is 17.5 Å². The summed E-state index contributed by atoms with van der Waals surface area (Å²) in [5.74, 6) is 0.167. The van der Waals surface area contributed by atoms with E-state index in [4.69, 9.17) is 4.74 Å². The summed E-state index contributed by atoms with van der Waals surface area (Å²) in [7, 11) is 0. The fourth-order valence-corrected chi connectivity index (χ4v) is 3.46. The fraction of sp³-hybridized carbons (Fsp3) is 0.333. The first-order valence-corrected chi connectivity index (χ1v) is 9.32. The molecule has 0 aliphatic carbocycles. The van der Waals surface area contributed by atoms with E-state index in [0.29, 0.717) is 23.5 Å². The van der Waals surface area contributed by atoms with Gasteiger partial charge in [-0.2, -0.15) is 0 Å². The smallest absolute Gasteiger partial charge is 0.262 e. The van der Waals surface area contributed by atoms with Gasteiger partial charge in [0, 0.05) is 18.7 Å². The van der Waals surface area contributed by atoms with Crippen LogP contribution in [0.3, 0.4) is 0 Å². The zero-order valence-electron chi connectivity index (χ0n) is 15.2. The van der Waals surface area contributed by atoms with Gasteiger partial charge in [-0.15, -0.1) is 0 Å². The lowest BCUT2D eigenvalue weighted by Crippen LogP contribution is -2.26. The molecule has 2 heterocycles. The van der Waals surface area contributed by atoms with E-state index in [9.17, 15) is 9.59 Å². The molecule has 2 N–H and O–H groups in total. The molecule has 140 valence electrons. The molecule has 4 rings (SSSR count). The lowest BCUT2D eigenvalue weighted by molar-refractivity contribution is -0.118. The molecule has 1 saturated heterocycles. The third-order valence-electron chi connectivity index (χ3n) is 4.96. The van der Waals surface area contributed by atoms with Crippen LogP contribution in [0.25, 0.3) is 0 Å². The van der Waals surface area contributed by atoms with Crippen LogP contribution in [-0.2, 0) is 17.9 Å². The van der Waals surface area contributed by atoms with Crippen LogP contribution in [0.2, 0.25) is 0 Å². The molecule has 27 heavy (non-hydrogen) atoms. The van der Waals surface area contributed by atoms with Crippen molar-refractivity contribution in [3.63, 3.8) is 0 Å². The highest BCUT2D eigenvalue weighted by Crippen LogP contribution is 2.28. The number of nitrogens with one attached hydrogen (secondary N) is 2. The van der Waals surface area contributed by atoms with Crippen molar-refractivity contribution in [2.45, 2.75) is 25.9 Å². The van der Waals surface area contributed by atoms with E-state index >= 15 is 0 Å². The maximum absolute atomic E-state index is 12.4. The summed E-state index contributed by atoms with van der Waals surface area (Å²) in [5, 5.41) is 5.65. The molecule has 2 aliphatic heterocycles. The Hall–Kier alpha value is -2.86. The van der Waals surface area contributed by atoms with Crippen LogP contribution in [0.5, 0.6) is 5.75 Å². The van der Waals surface area contributed by atoms with E-state index in [1.54, 1.807) is 18.2 Å². The summed E-state index contributed by atoms with van der Waals surface area (Å²) in [6.45, 7) is 3.82. The third kappa shape index (κ3) is 4.28. The molecule has 6 heteroatoms. The molecule has 0 unspecified atom stereocenters. The molecule has 2 amide bonds. The average molecular weight is 365 g/mol. The van der Waals surface area contributed by atoms with E-state index in [1.807, 2.05) is 0 Å². The van der Waals surface area contributed by atoms with Gasteiger partial charge < -0.3 is 15.4 Å². The standard InChI is InChI=1S/C21H23N3O3/c25-20-14-27-19-11-17(7-8-18(19)23-20)21(26)22-12-15-3-5-16(6-4-15)13-24-9-1-2-10-24/h3-8,11H,1-2,9-10,12-14H2,(H,22,26)(H,23,25).